The van der Waals surface area contributed by atoms with Crippen molar-refractivity contribution < 1.29 is 19.1 Å². The number of ether oxygens (including phenoxy) is 2. The summed E-state index contributed by atoms with van der Waals surface area (Å²) in [7, 11) is 3.63. The fourth-order valence-corrected chi connectivity index (χ4v) is 7.78. The Morgan fingerprint density at radius 1 is 0.708 bits per heavy atom. The number of hydrogen-bond acceptors (Lipinski definition) is 8. The van der Waals surface area contributed by atoms with Crippen molar-refractivity contribution in [3.8, 4) is 11.5 Å². The van der Waals surface area contributed by atoms with E-state index in [4.69, 9.17) is 9.47 Å². The summed E-state index contributed by atoms with van der Waals surface area (Å²) in [6.07, 6.45) is 5.22. The van der Waals surface area contributed by atoms with Crippen molar-refractivity contribution in [2.45, 2.75) is 51.6 Å². The van der Waals surface area contributed by atoms with E-state index in [0.29, 0.717) is 19.3 Å². The third-order valence-electron chi connectivity index (χ3n) is 10.5. The van der Waals surface area contributed by atoms with Gasteiger partial charge in [-0.15, -0.1) is 12.4 Å². The predicted molar refractivity (Wildman–Crippen MR) is 198 cm³/mol. The minimum atomic E-state index is -0.0996. The van der Waals surface area contributed by atoms with Crippen LogP contribution in [0.25, 0.3) is 0 Å². The highest BCUT2D eigenvalue weighted by molar-refractivity contribution is 9.10. The van der Waals surface area contributed by atoms with E-state index < -0.39 is 0 Å². The van der Waals surface area contributed by atoms with Crippen LogP contribution in [0.1, 0.15) is 39.5 Å². The van der Waals surface area contributed by atoms with Crippen molar-refractivity contribution in [3.63, 3.8) is 0 Å². The number of carbonyl (C=O) groups excluding carboxylic acids is 2. The molecule has 4 bridgehead atoms. The third kappa shape index (κ3) is 8.41. The second-order valence-electron chi connectivity index (χ2n) is 13.8. The molecular weight excluding hydrogens is 696 g/mol. The first-order chi connectivity index (χ1) is 22.7. The van der Waals surface area contributed by atoms with E-state index in [-0.39, 0.29) is 36.1 Å². The lowest BCUT2D eigenvalue weighted by atomic mass is 10.0. The molecule has 2 atom stereocenters. The second-order valence-corrected chi connectivity index (χ2v) is 14.7. The molecule has 8 heterocycles. The van der Waals surface area contributed by atoms with Gasteiger partial charge in [-0.25, -0.2) is 0 Å². The van der Waals surface area contributed by atoms with Crippen molar-refractivity contribution >= 4 is 57.2 Å². The van der Waals surface area contributed by atoms with Gasteiger partial charge in [0.1, 0.15) is 11.5 Å². The molecule has 0 aromatic heterocycles. The molecule has 2 amide bonds. The number of amides is 2. The van der Waals surface area contributed by atoms with Crippen LogP contribution in [0.3, 0.4) is 0 Å². The highest BCUT2D eigenvalue weighted by Gasteiger charge is 2.31. The van der Waals surface area contributed by atoms with E-state index in [1.54, 1.807) is 16.8 Å². The normalized spacial score (nSPS) is 29.1. The molecule has 2 aromatic rings. The number of hydrogen-bond donors (Lipinski definition) is 1. The van der Waals surface area contributed by atoms with Crippen LogP contribution in [0.5, 0.6) is 11.5 Å². The maximum Gasteiger partial charge on any atom is 0.233 e. The SMILES string of the molecule is C1CN2CCC(CC2)N1.C[C@H]1COc2ccc(Br)cc2N(C)C1=O.C[C@H]1COc2ccc(N3CCN4CCC3CC4)cc2N(C)C1=O.Cl. The quantitative estimate of drug-likeness (QED) is 0.443. The maximum atomic E-state index is 12.4. The summed E-state index contributed by atoms with van der Waals surface area (Å²) < 4.78 is 12.4. The summed E-state index contributed by atoms with van der Waals surface area (Å²) in [6, 6.07) is 13.5. The van der Waals surface area contributed by atoms with Gasteiger partial charge in [0.15, 0.2) is 0 Å². The minimum absolute atomic E-state index is 0. The largest absolute Gasteiger partial charge is 0.491 e. The molecule has 6 saturated heterocycles. The van der Waals surface area contributed by atoms with Gasteiger partial charge in [0.05, 0.1) is 36.4 Å². The Balaban J connectivity index is 0.000000154. The summed E-state index contributed by atoms with van der Waals surface area (Å²) in [5.74, 6) is 1.60. The summed E-state index contributed by atoms with van der Waals surface area (Å²) in [6.45, 7) is 14.5. The Bertz CT molecular complexity index is 1400. The minimum Gasteiger partial charge on any atom is -0.491 e. The molecule has 0 unspecified atom stereocenters. The zero-order chi connectivity index (χ0) is 33.1. The fraction of sp³-hybridized carbons (Fsp3) is 0.611. The molecule has 8 aliphatic rings. The lowest BCUT2D eigenvalue weighted by molar-refractivity contribution is -0.122. The number of carbonyl (C=O) groups is 2. The van der Waals surface area contributed by atoms with Crippen LogP contribution in [-0.4, -0.2) is 113 Å². The molecule has 8 aliphatic heterocycles. The summed E-state index contributed by atoms with van der Waals surface area (Å²) in [5.41, 5.74) is 2.94. The van der Waals surface area contributed by atoms with Gasteiger partial charge >= 0.3 is 0 Å². The molecule has 2 aromatic carbocycles. The zero-order valence-corrected chi connectivity index (χ0v) is 31.2. The first kappa shape index (κ1) is 36.7. The molecule has 1 N–H and O–H groups in total. The van der Waals surface area contributed by atoms with E-state index in [9.17, 15) is 9.59 Å². The molecule has 10 rings (SSSR count). The van der Waals surface area contributed by atoms with E-state index in [1.165, 1.54) is 70.6 Å². The Morgan fingerprint density at radius 3 is 1.88 bits per heavy atom. The number of nitrogens with one attached hydrogen (secondary N) is 1. The first-order valence-corrected chi connectivity index (χ1v) is 18.2. The van der Waals surface area contributed by atoms with Crippen LogP contribution in [-0.2, 0) is 9.59 Å². The lowest BCUT2D eigenvalue weighted by Gasteiger charge is -2.33. The Labute approximate surface area is 300 Å². The van der Waals surface area contributed by atoms with E-state index >= 15 is 0 Å². The molecule has 0 radical (unpaired) electrons. The standard InChI is InChI=1S/C18H25N3O2.C11H12BrNO2.C7H14N2.ClH/c1-13-12-23-17-4-3-15(11-16(17)19(2)18(13)22)21-10-9-20-7-5-14(21)6-8-20;1-7-6-15-10-4-3-8(12)5-9(10)13(2)11(7)14;1-4-9-5-2-7(1)8-3-6-9;/h3-4,11,13-14H,5-10,12H2,1-2H3;3-5,7H,6H2,1-2H3;7-8H,1-6H2;1H/t13-;7-;;/m00../s1. The van der Waals surface area contributed by atoms with Crippen molar-refractivity contribution in [2.75, 3.05) is 94.4 Å². The number of anilines is 3. The predicted octanol–water partition coefficient (Wildman–Crippen LogP) is 4.88. The highest BCUT2D eigenvalue weighted by Crippen LogP contribution is 2.37. The monoisotopic (exact) mass is 746 g/mol. The summed E-state index contributed by atoms with van der Waals surface area (Å²) in [4.78, 5) is 35.3. The first-order valence-electron chi connectivity index (χ1n) is 17.4. The van der Waals surface area contributed by atoms with Crippen LogP contribution < -0.4 is 29.5 Å². The van der Waals surface area contributed by atoms with Crippen LogP contribution in [0.4, 0.5) is 17.1 Å². The van der Waals surface area contributed by atoms with Gasteiger partial charge in [0.25, 0.3) is 0 Å². The molecule has 6 fully saturated rings. The van der Waals surface area contributed by atoms with E-state index in [1.807, 2.05) is 45.2 Å². The molecule has 10 nitrogen and oxygen atoms in total. The third-order valence-corrected chi connectivity index (χ3v) is 11.0. The van der Waals surface area contributed by atoms with Gasteiger partial charge in [0.2, 0.25) is 11.8 Å². The Kier molecular flexibility index (Phi) is 12.6. The molecule has 264 valence electrons. The van der Waals surface area contributed by atoms with Gasteiger partial charge < -0.3 is 39.3 Å². The molecular formula is C36H52BrClN6O4. The van der Waals surface area contributed by atoms with E-state index in [2.05, 4.69) is 48.1 Å². The number of benzene rings is 2. The molecule has 0 spiro atoms. The summed E-state index contributed by atoms with van der Waals surface area (Å²) in [5, 5.41) is 3.53. The number of halogens is 2. The molecule has 48 heavy (non-hydrogen) atoms. The molecule has 0 aliphatic carbocycles. The average Bonchev–Trinajstić information content (AvgIpc) is 3.68. The smallest absolute Gasteiger partial charge is 0.233 e. The van der Waals surface area contributed by atoms with Gasteiger partial charge in [-0.2, -0.15) is 0 Å². The number of fused-ring (bicyclic) bond motifs is 10. The molecule has 12 heteroatoms. The maximum absolute atomic E-state index is 12.4. The van der Waals surface area contributed by atoms with Crippen LogP contribution in [0.2, 0.25) is 0 Å². The fourth-order valence-electron chi connectivity index (χ4n) is 7.43. The average molecular weight is 748 g/mol. The topological polar surface area (TPSA) is 80.8 Å². The van der Waals surface area contributed by atoms with Gasteiger partial charge in [-0.1, -0.05) is 29.8 Å². The van der Waals surface area contributed by atoms with Crippen LogP contribution in [0.15, 0.2) is 40.9 Å². The zero-order valence-electron chi connectivity index (χ0n) is 28.8. The van der Waals surface area contributed by atoms with Gasteiger partial charge in [-0.05, 0) is 75.2 Å². The van der Waals surface area contributed by atoms with E-state index in [0.717, 1.165) is 46.5 Å². The number of rotatable bonds is 1. The van der Waals surface area contributed by atoms with Gasteiger partial charge in [-0.3, -0.25) is 9.59 Å². The number of piperidine rings is 2. The number of nitrogens with zero attached hydrogens (tertiary/aromatic N) is 5. The van der Waals surface area contributed by atoms with Gasteiger partial charge in [0, 0.05) is 75.6 Å². The lowest BCUT2D eigenvalue weighted by Crippen LogP contribution is -2.38. The highest BCUT2D eigenvalue weighted by atomic mass is 79.9. The van der Waals surface area contributed by atoms with Crippen molar-refractivity contribution in [1.29, 1.82) is 0 Å². The second kappa shape index (κ2) is 16.4. The van der Waals surface area contributed by atoms with Crippen molar-refractivity contribution in [3.05, 3.63) is 40.9 Å². The van der Waals surface area contributed by atoms with Crippen molar-refractivity contribution in [1.82, 2.24) is 15.1 Å². The summed E-state index contributed by atoms with van der Waals surface area (Å²) >= 11 is 3.38. The molecule has 0 saturated carbocycles. The Morgan fingerprint density at radius 2 is 1.25 bits per heavy atom. The Hall–Kier alpha value is -2.57. The van der Waals surface area contributed by atoms with Crippen molar-refractivity contribution in [2.24, 2.45) is 11.8 Å². The van der Waals surface area contributed by atoms with Crippen LogP contribution in [0, 0.1) is 11.8 Å². The van der Waals surface area contributed by atoms with Crippen LogP contribution >= 0.6 is 28.3 Å².